The number of aliphatic hydroxyl groups excluding tert-OH is 1. The van der Waals surface area contributed by atoms with Gasteiger partial charge in [0.15, 0.2) is 0 Å². The van der Waals surface area contributed by atoms with Crippen molar-refractivity contribution in [2.75, 3.05) is 0 Å². The minimum Gasteiger partial charge on any atom is -0.390 e. The van der Waals surface area contributed by atoms with Gasteiger partial charge >= 0.3 is 0 Å². The molecule has 166 valence electrons. The zero-order valence-electron chi connectivity index (χ0n) is 18.7. The lowest BCUT2D eigenvalue weighted by atomic mass is 9.86. The molecule has 3 rings (SSSR count). The Morgan fingerprint density at radius 3 is 2.52 bits per heavy atom. The molecule has 31 heavy (non-hydrogen) atoms. The molecule has 0 spiro atoms. The number of hydrogen-bond donors (Lipinski definition) is 5. The first kappa shape index (κ1) is 22.8. The molecule has 0 unspecified atom stereocenters. The normalized spacial score (nSPS) is 20.0. The predicted molar refractivity (Wildman–Crippen MR) is 121 cm³/mol. The number of aliphatic hydroxyl groups is 2. The van der Waals surface area contributed by atoms with Gasteiger partial charge in [-0.3, -0.25) is 9.59 Å². The number of aromatic amines is 1. The summed E-state index contributed by atoms with van der Waals surface area (Å²) in [5, 5.41) is 26.8. The average Bonchev–Trinajstić information content (AvgIpc) is 3.05. The fourth-order valence-corrected chi connectivity index (χ4v) is 3.57. The van der Waals surface area contributed by atoms with Crippen molar-refractivity contribution in [3.63, 3.8) is 0 Å². The Balaban J connectivity index is 2.20. The van der Waals surface area contributed by atoms with Gasteiger partial charge in [0, 0.05) is 34.0 Å². The van der Waals surface area contributed by atoms with Gasteiger partial charge in [-0.1, -0.05) is 38.1 Å². The number of benzene rings is 1. The number of aromatic nitrogens is 1. The van der Waals surface area contributed by atoms with E-state index in [1.165, 1.54) is 0 Å². The standard InChI is InChI=1S/C24H31N3O4/c1-7-23(3,4)20-16(12-17-22(30)25-13(2)21(29)26-17)15-10-8-9-14(19(15)27-20)11-18(28)24(5,6)31/h7-10,12-13,18,27-28,31H,1,11H2,2-6H3,(H,25,30)(H,26,29)/b17-12-/t13-,18-/m0/s1. The van der Waals surface area contributed by atoms with Gasteiger partial charge in [-0.25, -0.2) is 0 Å². The summed E-state index contributed by atoms with van der Waals surface area (Å²) in [7, 11) is 0. The molecule has 0 saturated carbocycles. The van der Waals surface area contributed by atoms with Gasteiger partial charge in [-0.05, 0) is 32.4 Å². The van der Waals surface area contributed by atoms with Crippen molar-refractivity contribution in [1.29, 1.82) is 0 Å². The summed E-state index contributed by atoms with van der Waals surface area (Å²) >= 11 is 0. The number of hydrogen-bond acceptors (Lipinski definition) is 4. The monoisotopic (exact) mass is 425 g/mol. The highest BCUT2D eigenvalue weighted by Gasteiger charge is 2.30. The van der Waals surface area contributed by atoms with Gasteiger partial charge in [0.1, 0.15) is 11.7 Å². The Morgan fingerprint density at radius 1 is 1.23 bits per heavy atom. The van der Waals surface area contributed by atoms with Gasteiger partial charge in [0.25, 0.3) is 5.91 Å². The van der Waals surface area contributed by atoms with Crippen molar-refractivity contribution in [2.24, 2.45) is 0 Å². The summed E-state index contributed by atoms with van der Waals surface area (Å²) in [6.07, 6.45) is 2.78. The molecule has 0 radical (unpaired) electrons. The average molecular weight is 426 g/mol. The van der Waals surface area contributed by atoms with E-state index in [2.05, 4.69) is 22.2 Å². The largest absolute Gasteiger partial charge is 0.390 e. The maximum absolute atomic E-state index is 12.5. The Hall–Kier alpha value is -2.90. The van der Waals surface area contributed by atoms with Crippen LogP contribution in [-0.2, 0) is 21.4 Å². The molecule has 2 atom stereocenters. The Morgan fingerprint density at radius 2 is 1.90 bits per heavy atom. The van der Waals surface area contributed by atoms with E-state index in [-0.39, 0.29) is 23.9 Å². The number of carbonyl (C=O) groups excluding carboxylic acids is 2. The van der Waals surface area contributed by atoms with Gasteiger partial charge in [0.2, 0.25) is 5.91 Å². The molecule has 1 aromatic carbocycles. The highest BCUT2D eigenvalue weighted by atomic mass is 16.3. The topological polar surface area (TPSA) is 114 Å². The summed E-state index contributed by atoms with van der Waals surface area (Å²) < 4.78 is 0. The summed E-state index contributed by atoms with van der Waals surface area (Å²) in [6, 6.07) is 5.10. The van der Waals surface area contributed by atoms with E-state index in [1.54, 1.807) is 26.8 Å². The van der Waals surface area contributed by atoms with Gasteiger partial charge in [-0.15, -0.1) is 6.58 Å². The fourth-order valence-electron chi connectivity index (χ4n) is 3.57. The number of piperazine rings is 1. The van der Waals surface area contributed by atoms with Crippen LogP contribution >= 0.6 is 0 Å². The molecule has 2 aromatic rings. The number of H-pyrrole nitrogens is 1. The predicted octanol–water partition coefficient (Wildman–Crippen LogP) is 2.28. The maximum Gasteiger partial charge on any atom is 0.268 e. The second-order valence-corrected chi connectivity index (χ2v) is 9.30. The lowest BCUT2D eigenvalue weighted by Crippen LogP contribution is -2.53. The first-order valence-corrected chi connectivity index (χ1v) is 10.4. The number of nitrogens with one attached hydrogen (secondary N) is 3. The van der Waals surface area contributed by atoms with Crippen molar-refractivity contribution in [1.82, 2.24) is 15.6 Å². The summed E-state index contributed by atoms with van der Waals surface area (Å²) in [5.41, 5.74) is 1.70. The molecule has 2 heterocycles. The molecule has 0 aliphatic carbocycles. The van der Waals surface area contributed by atoms with Crippen LogP contribution < -0.4 is 10.6 Å². The van der Waals surface area contributed by atoms with E-state index in [1.807, 2.05) is 38.1 Å². The molecule has 7 heteroatoms. The highest BCUT2D eigenvalue weighted by Crippen LogP contribution is 2.36. The molecular formula is C24H31N3O4. The first-order valence-electron chi connectivity index (χ1n) is 10.4. The van der Waals surface area contributed by atoms with E-state index >= 15 is 0 Å². The number of fused-ring (bicyclic) bond motifs is 1. The molecule has 2 amide bonds. The molecule has 5 N–H and O–H groups in total. The van der Waals surface area contributed by atoms with Crippen LogP contribution in [-0.4, -0.2) is 44.8 Å². The van der Waals surface area contributed by atoms with Crippen LogP contribution in [0.3, 0.4) is 0 Å². The molecule has 1 aliphatic rings. The zero-order chi connectivity index (χ0) is 23.1. The quantitative estimate of drug-likeness (QED) is 0.361. The maximum atomic E-state index is 12.5. The third kappa shape index (κ3) is 4.43. The van der Waals surface area contributed by atoms with Crippen LogP contribution in [0.1, 0.15) is 51.4 Å². The molecule has 1 saturated heterocycles. The van der Waals surface area contributed by atoms with Crippen LogP contribution in [0.15, 0.2) is 36.6 Å². The van der Waals surface area contributed by atoms with Crippen molar-refractivity contribution >= 4 is 28.8 Å². The van der Waals surface area contributed by atoms with Crippen LogP contribution in [0.5, 0.6) is 0 Å². The summed E-state index contributed by atoms with van der Waals surface area (Å²) in [6.45, 7) is 12.7. The number of amides is 2. The van der Waals surface area contributed by atoms with E-state index < -0.39 is 23.2 Å². The number of carbonyl (C=O) groups is 2. The second kappa shape index (κ2) is 7.98. The second-order valence-electron chi connectivity index (χ2n) is 9.30. The van der Waals surface area contributed by atoms with Crippen molar-refractivity contribution in [3.8, 4) is 0 Å². The third-order valence-electron chi connectivity index (χ3n) is 5.88. The van der Waals surface area contributed by atoms with Crippen LogP contribution in [0.2, 0.25) is 0 Å². The number of allylic oxidation sites excluding steroid dienone is 1. The number of para-hydroxylation sites is 1. The van der Waals surface area contributed by atoms with E-state index in [4.69, 9.17) is 0 Å². The van der Waals surface area contributed by atoms with Crippen molar-refractivity contribution in [2.45, 2.75) is 64.2 Å². The zero-order valence-corrected chi connectivity index (χ0v) is 18.7. The lowest BCUT2D eigenvalue weighted by molar-refractivity contribution is -0.130. The van der Waals surface area contributed by atoms with Crippen LogP contribution in [0.4, 0.5) is 0 Å². The molecule has 1 aromatic heterocycles. The number of rotatable bonds is 6. The van der Waals surface area contributed by atoms with Crippen LogP contribution in [0, 0.1) is 0 Å². The molecule has 1 fully saturated rings. The van der Waals surface area contributed by atoms with E-state index in [9.17, 15) is 19.8 Å². The van der Waals surface area contributed by atoms with E-state index in [0.29, 0.717) is 0 Å². The van der Waals surface area contributed by atoms with Gasteiger partial charge in [0.05, 0.1) is 11.7 Å². The van der Waals surface area contributed by atoms with Crippen molar-refractivity contribution in [3.05, 3.63) is 53.4 Å². The molecule has 0 bridgehead atoms. The fraction of sp³-hybridized carbons (Fsp3) is 0.417. The Bertz CT molecular complexity index is 1070. The van der Waals surface area contributed by atoms with Crippen molar-refractivity contribution < 1.29 is 19.8 Å². The Labute approximate surface area is 182 Å². The first-order chi connectivity index (χ1) is 14.3. The lowest BCUT2D eigenvalue weighted by Gasteiger charge is -2.24. The van der Waals surface area contributed by atoms with E-state index in [0.717, 1.165) is 27.7 Å². The molecule has 1 aliphatic heterocycles. The highest BCUT2D eigenvalue weighted by molar-refractivity contribution is 6.08. The SMILES string of the molecule is C=CC(C)(C)c1[nH]c2c(C[C@H](O)C(C)(C)O)cccc2c1/C=C1\NC(=O)[C@H](C)NC1=O. The molecule has 7 nitrogen and oxygen atoms in total. The minimum atomic E-state index is -1.25. The third-order valence-corrected chi connectivity index (χ3v) is 5.88. The van der Waals surface area contributed by atoms with Gasteiger partial charge < -0.3 is 25.8 Å². The minimum absolute atomic E-state index is 0.173. The Kier molecular flexibility index (Phi) is 5.86. The summed E-state index contributed by atoms with van der Waals surface area (Å²) in [4.78, 5) is 28.0. The van der Waals surface area contributed by atoms with Gasteiger partial charge in [-0.2, -0.15) is 0 Å². The smallest absolute Gasteiger partial charge is 0.268 e. The van der Waals surface area contributed by atoms with Crippen LogP contribution in [0.25, 0.3) is 17.0 Å². The summed E-state index contributed by atoms with van der Waals surface area (Å²) in [5.74, 6) is -0.623. The molecular weight excluding hydrogens is 394 g/mol.